The van der Waals surface area contributed by atoms with Gasteiger partial charge in [-0.1, -0.05) is 12.1 Å². The van der Waals surface area contributed by atoms with Crippen molar-refractivity contribution >= 4 is 28.6 Å². The maximum absolute atomic E-state index is 11.0. The van der Waals surface area contributed by atoms with Crippen molar-refractivity contribution in [3.05, 3.63) is 33.4 Å². The molecule has 2 N–H and O–H groups in total. The second kappa shape index (κ2) is 5.70. The van der Waals surface area contributed by atoms with Gasteiger partial charge in [-0.3, -0.25) is 4.79 Å². The maximum atomic E-state index is 11.0. The summed E-state index contributed by atoms with van der Waals surface area (Å²) >= 11 is 2.98. The van der Waals surface area contributed by atoms with Crippen molar-refractivity contribution in [1.82, 2.24) is 25.0 Å². The molecule has 9 heteroatoms. The molecule has 0 radical (unpaired) electrons. The van der Waals surface area contributed by atoms with Gasteiger partial charge in [0.15, 0.2) is 0 Å². The molecule has 0 fully saturated rings. The Morgan fingerprint density at radius 1 is 1.48 bits per heavy atom. The first kappa shape index (κ1) is 13.8. The molecule has 0 aliphatic carbocycles. The summed E-state index contributed by atoms with van der Waals surface area (Å²) in [7, 11) is 0. The average molecular weight is 320 g/mol. The predicted molar refractivity (Wildman–Crippen MR) is 80.2 cm³/mol. The van der Waals surface area contributed by atoms with E-state index >= 15 is 0 Å². The first-order valence-corrected chi connectivity index (χ1v) is 7.94. The van der Waals surface area contributed by atoms with Crippen molar-refractivity contribution in [1.29, 1.82) is 0 Å². The number of aryl methyl sites for hydroxylation is 1. The number of hydrogen-bond donors (Lipinski definition) is 1. The molecule has 0 saturated heterocycles. The molecule has 0 saturated carbocycles. The Bertz CT molecular complexity index is 774. The van der Waals surface area contributed by atoms with Crippen LogP contribution in [0.5, 0.6) is 0 Å². The van der Waals surface area contributed by atoms with Gasteiger partial charge in [-0.25, -0.2) is 14.6 Å². The van der Waals surface area contributed by atoms with E-state index in [1.165, 1.54) is 16.2 Å². The highest BCUT2D eigenvalue weighted by molar-refractivity contribution is 7.15. The van der Waals surface area contributed by atoms with E-state index in [4.69, 9.17) is 5.73 Å². The molecule has 1 amide bonds. The van der Waals surface area contributed by atoms with E-state index in [1.54, 1.807) is 21.4 Å². The smallest absolute Gasteiger partial charge is 0.268 e. The van der Waals surface area contributed by atoms with Crippen LogP contribution < -0.4 is 5.73 Å². The fraction of sp³-hybridized carbons (Fsp3) is 0.250. The van der Waals surface area contributed by atoms with Crippen molar-refractivity contribution in [2.24, 2.45) is 5.73 Å². The van der Waals surface area contributed by atoms with Crippen LogP contribution in [0.15, 0.2) is 17.8 Å². The molecule has 0 aliphatic heterocycles. The molecule has 0 atom stereocenters. The number of aromatic nitrogens is 5. The number of thiazole rings is 2. The molecular weight excluding hydrogens is 308 g/mol. The van der Waals surface area contributed by atoms with Crippen molar-refractivity contribution in [3.8, 4) is 10.7 Å². The van der Waals surface area contributed by atoms with E-state index in [-0.39, 0.29) is 5.69 Å². The third kappa shape index (κ3) is 2.98. The lowest BCUT2D eigenvalue weighted by molar-refractivity contribution is 0.0996. The summed E-state index contributed by atoms with van der Waals surface area (Å²) in [6, 6.07) is 0. The van der Waals surface area contributed by atoms with Gasteiger partial charge in [0, 0.05) is 16.5 Å². The number of carbonyl (C=O) groups is 1. The summed E-state index contributed by atoms with van der Waals surface area (Å²) in [5, 5.41) is 11.4. The molecule has 108 valence electrons. The summed E-state index contributed by atoms with van der Waals surface area (Å²) in [6.45, 7) is 2.55. The molecule has 0 unspecified atom stereocenters. The quantitative estimate of drug-likeness (QED) is 0.769. The van der Waals surface area contributed by atoms with Crippen LogP contribution in [0.3, 0.4) is 0 Å². The van der Waals surface area contributed by atoms with Crippen LogP contribution in [0.1, 0.15) is 27.3 Å². The van der Waals surface area contributed by atoms with Gasteiger partial charge < -0.3 is 5.73 Å². The highest BCUT2D eigenvalue weighted by Crippen LogP contribution is 2.23. The second-order valence-corrected chi connectivity index (χ2v) is 6.34. The normalized spacial score (nSPS) is 10.9. The van der Waals surface area contributed by atoms with Gasteiger partial charge in [0.25, 0.3) is 5.91 Å². The van der Waals surface area contributed by atoms with E-state index < -0.39 is 5.91 Å². The molecule has 7 nitrogen and oxygen atoms in total. The first-order valence-electron chi connectivity index (χ1n) is 6.25. The molecule has 3 aromatic rings. The van der Waals surface area contributed by atoms with E-state index in [0.29, 0.717) is 6.54 Å². The molecule has 0 aliphatic rings. The Morgan fingerprint density at radius 3 is 3.00 bits per heavy atom. The lowest BCUT2D eigenvalue weighted by Crippen LogP contribution is -2.11. The summed E-state index contributed by atoms with van der Waals surface area (Å²) < 4.78 is 1.67. The van der Waals surface area contributed by atoms with Crippen LogP contribution in [0.2, 0.25) is 0 Å². The Labute approximate surface area is 128 Å². The number of carbonyl (C=O) groups excluding carboxylic acids is 1. The van der Waals surface area contributed by atoms with Crippen LogP contribution in [0.25, 0.3) is 10.7 Å². The van der Waals surface area contributed by atoms with Gasteiger partial charge in [-0.15, -0.1) is 27.8 Å². The van der Waals surface area contributed by atoms with Gasteiger partial charge in [0.1, 0.15) is 21.4 Å². The van der Waals surface area contributed by atoms with Gasteiger partial charge in [-0.05, 0) is 6.42 Å². The summed E-state index contributed by atoms with van der Waals surface area (Å²) in [5.41, 5.74) is 6.20. The van der Waals surface area contributed by atoms with E-state index in [1.807, 2.05) is 12.4 Å². The number of hydrogen-bond acceptors (Lipinski definition) is 7. The topological polar surface area (TPSA) is 99.6 Å². The van der Waals surface area contributed by atoms with Crippen LogP contribution in [-0.4, -0.2) is 30.9 Å². The molecule has 3 aromatic heterocycles. The van der Waals surface area contributed by atoms with Crippen molar-refractivity contribution in [2.45, 2.75) is 19.9 Å². The Hall–Kier alpha value is -2.13. The van der Waals surface area contributed by atoms with Crippen LogP contribution in [0.4, 0.5) is 0 Å². The highest BCUT2D eigenvalue weighted by atomic mass is 32.1. The predicted octanol–water partition coefficient (Wildman–Crippen LogP) is 1.57. The van der Waals surface area contributed by atoms with Gasteiger partial charge in [0.2, 0.25) is 0 Å². The highest BCUT2D eigenvalue weighted by Gasteiger charge is 2.11. The van der Waals surface area contributed by atoms with E-state index in [0.717, 1.165) is 22.1 Å². The molecule has 0 bridgehead atoms. The van der Waals surface area contributed by atoms with Gasteiger partial charge in [-0.2, -0.15) is 0 Å². The summed E-state index contributed by atoms with van der Waals surface area (Å²) in [6.07, 6.45) is 4.64. The lowest BCUT2D eigenvalue weighted by Gasteiger charge is -1.94. The molecular formula is C12H12N6OS2. The van der Waals surface area contributed by atoms with Crippen molar-refractivity contribution in [3.63, 3.8) is 0 Å². The Kier molecular flexibility index (Phi) is 3.76. The van der Waals surface area contributed by atoms with Crippen LogP contribution >= 0.6 is 22.7 Å². The zero-order valence-electron chi connectivity index (χ0n) is 11.2. The minimum absolute atomic E-state index is 0.280. The largest absolute Gasteiger partial charge is 0.364 e. The molecule has 0 aromatic carbocycles. The lowest BCUT2D eigenvalue weighted by atomic mass is 10.4. The van der Waals surface area contributed by atoms with Crippen molar-refractivity contribution < 1.29 is 4.79 Å². The van der Waals surface area contributed by atoms with Gasteiger partial charge in [0.05, 0.1) is 12.7 Å². The summed E-state index contributed by atoms with van der Waals surface area (Å²) in [4.78, 5) is 20.7. The van der Waals surface area contributed by atoms with E-state index in [9.17, 15) is 4.79 Å². The zero-order valence-corrected chi connectivity index (χ0v) is 12.8. The summed E-state index contributed by atoms with van der Waals surface area (Å²) in [5.74, 6) is -0.522. The third-order valence-corrected chi connectivity index (χ3v) is 4.76. The standard InChI is InChI=1S/C12H12N6OS2/c1-2-7-3-14-12(21-7)8-4-18(17-16-8)5-10-15-9(6-20-10)11(13)19/h3-4,6H,2,5H2,1H3,(H2,13,19). The van der Waals surface area contributed by atoms with Crippen LogP contribution in [-0.2, 0) is 13.0 Å². The molecule has 3 rings (SSSR count). The van der Waals surface area contributed by atoms with Crippen molar-refractivity contribution in [2.75, 3.05) is 0 Å². The number of nitrogens with zero attached hydrogens (tertiary/aromatic N) is 5. The minimum atomic E-state index is -0.522. The number of amides is 1. The molecule has 21 heavy (non-hydrogen) atoms. The minimum Gasteiger partial charge on any atom is -0.364 e. The fourth-order valence-electron chi connectivity index (χ4n) is 1.70. The molecule has 3 heterocycles. The zero-order chi connectivity index (χ0) is 14.8. The number of nitrogens with two attached hydrogens (primary N) is 1. The van der Waals surface area contributed by atoms with Gasteiger partial charge >= 0.3 is 0 Å². The van der Waals surface area contributed by atoms with Crippen LogP contribution in [0, 0.1) is 0 Å². The third-order valence-electron chi connectivity index (χ3n) is 2.76. The first-order chi connectivity index (χ1) is 10.2. The Balaban J connectivity index is 1.76. The SMILES string of the molecule is CCc1cnc(-c2cn(Cc3nc(C(N)=O)cs3)nn2)s1. The fourth-order valence-corrected chi connectivity index (χ4v) is 3.27. The second-order valence-electron chi connectivity index (χ2n) is 4.28. The number of rotatable bonds is 5. The average Bonchev–Trinajstić information content (AvgIpc) is 3.18. The van der Waals surface area contributed by atoms with E-state index in [2.05, 4.69) is 27.2 Å². The number of primary amides is 1. The maximum Gasteiger partial charge on any atom is 0.268 e. The molecule has 0 spiro atoms. The Morgan fingerprint density at radius 2 is 2.33 bits per heavy atom. The monoisotopic (exact) mass is 320 g/mol.